The molecular formula is C13H16N4O. The monoisotopic (exact) mass is 244 g/mol. The number of aryl methyl sites for hydroxylation is 1. The highest BCUT2D eigenvalue weighted by Gasteiger charge is 2.28. The summed E-state index contributed by atoms with van der Waals surface area (Å²) < 4.78 is 5.33. The molecule has 0 unspecified atom stereocenters. The molecule has 94 valence electrons. The third-order valence-electron chi connectivity index (χ3n) is 3.41. The van der Waals surface area contributed by atoms with E-state index in [4.69, 9.17) is 10.3 Å². The normalized spacial score (nSPS) is 23.4. The van der Waals surface area contributed by atoms with E-state index in [1.807, 2.05) is 19.1 Å². The van der Waals surface area contributed by atoms with Crippen LogP contribution >= 0.6 is 0 Å². The molecule has 0 radical (unpaired) electrons. The Labute approximate surface area is 105 Å². The molecule has 0 bridgehead atoms. The molecular weight excluding hydrogens is 228 g/mol. The second kappa shape index (κ2) is 4.49. The first kappa shape index (κ1) is 11.3. The van der Waals surface area contributed by atoms with Gasteiger partial charge in [0.2, 0.25) is 11.7 Å². The van der Waals surface area contributed by atoms with E-state index in [-0.39, 0.29) is 6.04 Å². The zero-order chi connectivity index (χ0) is 12.5. The quantitative estimate of drug-likeness (QED) is 0.874. The van der Waals surface area contributed by atoms with Crippen LogP contribution in [0.2, 0.25) is 0 Å². The standard InChI is InChI=1S/C13H16N4O/c1-8-4-5-15-11(6-8)12-16-13(18-17-12)9-2-3-10(14)7-9/h4-6,9-10H,2-3,7,14H2,1H3/t9-,10+/m1/s1. The SMILES string of the molecule is Cc1ccnc(-c2noc([C@@H]3CC[C@H](N)C3)n2)c1. The Hall–Kier alpha value is -1.75. The Bertz CT molecular complexity index is 551. The van der Waals surface area contributed by atoms with Gasteiger partial charge in [-0.1, -0.05) is 5.16 Å². The van der Waals surface area contributed by atoms with Crippen LogP contribution in [0.5, 0.6) is 0 Å². The van der Waals surface area contributed by atoms with E-state index >= 15 is 0 Å². The summed E-state index contributed by atoms with van der Waals surface area (Å²) in [4.78, 5) is 8.70. The number of hydrogen-bond acceptors (Lipinski definition) is 5. The van der Waals surface area contributed by atoms with Gasteiger partial charge < -0.3 is 10.3 Å². The zero-order valence-corrected chi connectivity index (χ0v) is 10.3. The predicted octanol–water partition coefficient (Wildman–Crippen LogP) is 2.03. The summed E-state index contributed by atoms with van der Waals surface area (Å²) >= 11 is 0. The minimum atomic E-state index is 0.266. The summed E-state index contributed by atoms with van der Waals surface area (Å²) in [7, 11) is 0. The van der Waals surface area contributed by atoms with Gasteiger partial charge in [-0.15, -0.1) is 0 Å². The smallest absolute Gasteiger partial charge is 0.230 e. The fraction of sp³-hybridized carbons (Fsp3) is 0.462. The largest absolute Gasteiger partial charge is 0.339 e. The van der Waals surface area contributed by atoms with Crippen LogP contribution in [0.4, 0.5) is 0 Å². The number of nitrogens with two attached hydrogens (primary N) is 1. The lowest BCUT2D eigenvalue weighted by molar-refractivity contribution is 0.353. The maximum Gasteiger partial charge on any atom is 0.230 e. The number of rotatable bonds is 2. The first-order chi connectivity index (χ1) is 8.72. The Morgan fingerprint density at radius 3 is 3.00 bits per heavy atom. The molecule has 1 fully saturated rings. The van der Waals surface area contributed by atoms with Gasteiger partial charge in [-0.2, -0.15) is 4.98 Å². The van der Waals surface area contributed by atoms with E-state index in [1.54, 1.807) is 6.20 Å². The summed E-state index contributed by atoms with van der Waals surface area (Å²) in [5.41, 5.74) is 7.79. The molecule has 1 aliphatic carbocycles. The molecule has 2 N–H and O–H groups in total. The van der Waals surface area contributed by atoms with Crippen molar-refractivity contribution in [2.75, 3.05) is 0 Å². The van der Waals surface area contributed by atoms with Crippen molar-refractivity contribution in [3.05, 3.63) is 29.8 Å². The highest BCUT2D eigenvalue weighted by Crippen LogP contribution is 2.33. The third-order valence-corrected chi connectivity index (χ3v) is 3.41. The first-order valence-electron chi connectivity index (χ1n) is 6.24. The van der Waals surface area contributed by atoms with Crippen LogP contribution < -0.4 is 5.73 Å². The van der Waals surface area contributed by atoms with E-state index in [0.717, 1.165) is 30.5 Å². The lowest BCUT2D eigenvalue weighted by atomic mass is 10.1. The van der Waals surface area contributed by atoms with Crippen molar-refractivity contribution in [3.8, 4) is 11.5 Å². The van der Waals surface area contributed by atoms with Crippen LogP contribution in [0.15, 0.2) is 22.9 Å². The second-order valence-corrected chi connectivity index (χ2v) is 4.94. The fourth-order valence-electron chi connectivity index (χ4n) is 2.40. The van der Waals surface area contributed by atoms with Crippen LogP contribution in [0.3, 0.4) is 0 Å². The number of aromatic nitrogens is 3. The molecule has 0 aliphatic heterocycles. The molecule has 0 spiro atoms. The summed E-state index contributed by atoms with van der Waals surface area (Å²) in [6.45, 7) is 2.02. The molecule has 2 aromatic rings. The van der Waals surface area contributed by atoms with Crippen molar-refractivity contribution in [2.24, 2.45) is 5.73 Å². The van der Waals surface area contributed by atoms with E-state index < -0.39 is 0 Å². The third kappa shape index (κ3) is 2.13. The van der Waals surface area contributed by atoms with Crippen molar-refractivity contribution in [1.82, 2.24) is 15.1 Å². The number of pyridine rings is 1. The van der Waals surface area contributed by atoms with Crippen LogP contribution in [-0.4, -0.2) is 21.2 Å². The van der Waals surface area contributed by atoms with Crippen LogP contribution in [-0.2, 0) is 0 Å². The molecule has 18 heavy (non-hydrogen) atoms. The zero-order valence-electron chi connectivity index (χ0n) is 10.3. The fourth-order valence-corrected chi connectivity index (χ4v) is 2.40. The number of hydrogen-bond donors (Lipinski definition) is 1. The van der Waals surface area contributed by atoms with Gasteiger partial charge in [0, 0.05) is 18.2 Å². The molecule has 0 amide bonds. The van der Waals surface area contributed by atoms with Gasteiger partial charge in [0.25, 0.3) is 0 Å². The molecule has 0 saturated heterocycles. The average molecular weight is 244 g/mol. The van der Waals surface area contributed by atoms with E-state index in [9.17, 15) is 0 Å². The molecule has 5 heteroatoms. The predicted molar refractivity (Wildman–Crippen MR) is 66.8 cm³/mol. The van der Waals surface area contributed by atoms with Crippen molar-refractivity contribution in [2.45, 2.75) is 38.1 Å². The van der Waals surface area contributed by atoms with Crippen LogP contribution in [0, 0.1) is 6.92 Å². The minimum Gasteiger partial charge on any atom is -0.339 e. The first-order valence-corrected chi connectivity index (χ1v) is 6.24. The maximum atomic E-state index is 5.90. The van der Waals surface area contributed by atoms with E-state index in [2.05, 4.69) is 15.1 Å². The van der Waals surface area contributed by atoms with Gasteiger partial charge >= 0.3 is 0 Å². The van der Waals surface area contributed by atoms with Crippen molar-refractivity contribution in [1.29, 1.82) is 0 Å². The Morgan fingerprint density at radius 1 is 1.39 bits per heavy atom. The molecule has 2 aromatic heterocycles. The van der Waals surface area contributed by atoms with Crippen molar-refractivity contribution in [3.63, 3.8) is 0 Å². The van der Waals surface area contributed by atoms with Gasteiger partial charge in [-0.25, -0.2) is 0 Å². The van der Waals surface area contributed by atoms with Gasteiger partial charge in [-0.05, 0) is 43.9 Å². The van der Waals surface area contributed by atoms with Gasteiger partial charge in [0.05, 0.1) is 0 Å². The maximum absolute atomic E-state index is 5.90. The topological polar surface area (TPSA) is 77.8 Å². The van der Waals surface area contributed by atoms with Crippen LogP contribution in [0.25, 0.3) is 11.5 Å². The lowest BCUT2D eigenvalue weighted by Crippen LogP contribution is -2.14. The van der Waals surface area contributed by atoms with E-state index in [0.29, 0.717) is 17.6 Å². The van der Waals surface area contributed by atoms with Gasteiger partial charge in [0.15, 0.2) is 0 Å². The van der Waals surface area contributed by atoms with Gasteiger partial charge in [-0.3, -0.25) is 4.98 Å². The average Bonchev–Trinajstić information content (AvgIpc) is 2.97. The Kier molecular flexibility index (Phi) is 2.83. The highest BCUT2D eigenvalue weighted by atomic mass is 16.5. The summed E-state index contributed by atoms with van der Waals surface area (Å²) in [5, 5.41) is 4.01. The lowest BCUT2D eigenvalue weighted by Gasteiger charge is -2.01. The Balaban J connectivity index is 1.85. The molecule has 5 nitrogen and oxygen atoms in total. The van der Waals surface area contributed by atoms with E-state index in [1.165, 1.54) is 0 Å². The Morgan fingerprint density at radius 2 is 2.28 bits per heavy atom. The van der Waals surface area contributed by atoms with Crippen molar-refractivity contribution >= 4 is 0 Å². The second-order valence-electron chi connectivity index (χ2n) is 4.94. The summed E-state index contributed by atoms with van der Waals surface area (Å²) in [6, 6.07) is 4.16. The number of nitrogens with zero attached hydrogens (tertiary/aromatic N) is 3. The minimum absolute atomic E-state index is 0.266. The van der Waals surface area contributed by atoms with Crippen molar-refractivity contribution < 1.29 is 4.52 Å². The molecule has 2 heterocycles. The highest BCUT2D eigenvalue weighted by molar-refractivity contribution is 5.49. The summed E-state index contributed by atoms with van der Waals surface area (Å²) in [6.07, 6.45) is 4.75. The molecule has 2 atom stereocenters. The molecule has 1 saturated carbocycles. The van der Waals surface area contributed by atoms with Gasteiger partial charge in [0.1, 0.15) is 5.69 Å². The molecule has 1 aliphatic rings. The molecule has 3 rings (SSSR count). The van der Waals surface area contributed by atoms with Crippen LogP contribution in [0.1, 0.15) is 36.6 Å². The molecule has 0 aromatic carbocycles. The summed E-state index contributed by atoms with van der Waals surface area (Å²) in [5.74, 6) is 1.57.